The summed E-state index contributed by atoms with van der Waals surface area (Å²) in [6.07, 6.45) is 8.57. The van der Waals surface area contributed by atoms with E-state index in [2.05, 4.69) is 48.6 Å². The minimum atomic E-state index is 0.329. The molecule has 3 heteroatoms. The van der Waals surface area contributed by atoms with E-state index in [1.165, 1.54) is 11.3 Å². The Hall–Kier alpha value is -1.51. The van der Waals surface area contributed by atoms with Crippen molar-refractivity contribution in [3.63, 3.8) is 0 Å². The van der Waals surface area contributed by atoms with Crippen LogP contribution in [0.15, 0.2) is 30.0 Å². The molecule has 1 aromatic heterocycles. The van der Waals surface area contributed by atoms with E-state index in [-0.39, 0.29) is 0 Å². The van der Waals surface area contributed by atoms with Gasteiger partial charge in [0.25, 0.3) is 6.01 Å². The molecule has 2 aliphatic rings. The summed E-state index contributed by atoms with van der Waals surface area (Å²) in [5.74, 6) is 1.17. The van der Waals surface area contributed by atoms with E-state index in [1.54, 1.807) is 0 Å². The molecule has 0 amide bonds. The van der Waals surface area contributed by atoms with Gasteiger partial charge in [0.2, 0.25) is 0 Å². The Balaban J connectivity index is 0.000000510. The Labute approximate surface area is 129 Å². The van der Waals surface area contributed by atoms with Gasteiger partial charge >= 0.3 is 0 Å². The standard InChI is InChI=1S/C14H18N2O.2C2H6/c1-9-5-4-6-12(11(9)3)13-8-17-14-15-7-10(2)16(13)14;2*1-2/h4-7,9,11,13H,8H2,1-3H3;2*1-2H3. The quantitative estimate of drug-likeness (QED) is 0.732. The third kappa shape index (κ3) is 3.39. The van der Waals surface area contributed by atoms with E-state index in [0.717, 1.165) is 12.6 Å². The number of fused-ring (bicyclic) bond motifs is 1. The maximum atomic E-state index is 5.66. The monoisotopic (exact) mass is 290 g/mol. The molecule has 3 rings (SSSR count). The van der Waals surface area contributed by atoms with Gasteiger partial charge in [0.05, 0.1) is 12.2 Å². The van der Waals surface area contributed by atoms with Crippen molar-refractivity contribution in [1.82, 2.24) is 9.55 Å². The Morgan fingerprint density at radius 2 is 1.86 bits per heavy atom. The molecule has 0 saturated heterocycles. The predicted molar refractivity (Wildman–Crippen MR) is 89.7 cm³/mol. The molecule has 0 aromatic carbocycles. The second-order valence-corrected chi connectivity index (χ2v) is 5.08. The summed E-state index contributed by atoms with van der Waals surface area (Å²) in [6.45, 7) is 15.4. The van der Waals surface area contributed by atoms with Crippen LogP contribution >= 0.6 is 0 Å². The van der Waals surface area contributed by atoms with Gasteiger partial charge in [-0.1, -0.05) is 59.8 Å². The van der Waals surface area contributed by atoms with Crippen LogP contribution in [0, 0.1) is 18.8 Å². The maximum absolute atomic E-state index is 5.66. The summed E-state index contributed by atoms with van der Waals surface area (Å²) in [4.78, 5) is 4.28. The lowest BCUT2D eigenvalue weighted by atomic mass is 9.81. The van der Waals surface area contributed by atoms with Gasteiger partial charge in [0, 0.05) is 5.69 Å². The zero-order valence-electron chi connectivity index (χ0n) is 14.6. The van der Waals surface area contributed by atoms with E-state index in [4.69, 9.17) is 4.74 Å². The van der Waals surface area contributed by atoms with Crippen molar-refractivity contribution in [3.05, 3.63) is 35.7 Å². The summed E-state index contributed by atoms with van der Waals surface area (Å²) < 4.78 is 7.87. The van der Waals surface area contributed by atoms with E-state index in [1.807, 2.05) is 33.9 Å². The first kappa shape index (κ1) is 17.5. The summed E-state index contributed by atoms with van der Waals surface area (Å²) in [7, 11) is 0. The van der Waals surface area contributed by atoms with Crippen LogP contribution in [0.3, 0.4) is 0 Å². The van der Waals surface area contributed by atoms with Crippen molar-refractivity contribution in [2.75, 3.05) is 6.61 Å². The Morgan fingerprint density at radius 3 is 2.52 bits per heavy atom. The highest BCUT2D eigenvalue weighted by Gasteiger charge is 2.32. The number of allylic oxidation sites excluding steroid dienone is 3. The largest absolute Gasteiger partial charge is 0.462 e. The van der Waals surface area contributed by atoms with Gasteiger partial charge in [-0.15, -0.1) is 0 Å². The zero-order valence-corrected chi connectivity index (χ0v) is 14.6. The molecule has 3 atom stereocenters. The van der Waals surface area contributed by atoms with Gasteiger partial charge in [-0.2, -0.15) is 0 Å². The van der Waals surface area contributed by atoms with Crippen LogP contribution in [-0.4, -0.2) is 16.2 Å². The van der Waals surface area contributed by atoms with Crippen LogP contribution < -0.4 is 4.74 Å². The SMILES string of the molecule is CC.CC.Cc1cnc2n1C(C1=CC=CC(C)C1C)CO2. The smallest absolute Gasteiger partial charge is 0.297 e. The first-order valence-electron chi connectivity index (χ1n) is 8.23. The minimum absolute atomic E-state index is 0.329. The number of ether oxygens (including phenoxy) is 1. The molecule has 1 aromatic rings. The van der Waals surface area contributed by atoms with Crippen LogP contribution in [0.5, 0.6) is 6.01 Å². The predicted octanol–water partition coefficient (Wildman–Crippen LogP) is 4.95. The molecule has 2 heterocycles. The second kappa shape index (κ2) is 8.06. The molecule has 1 aliphatic carbocycles. The van der Waals surface area contributed by atoms with Crippen molar-refractivity contribution < 1.29 is 4.74 Å². The molecule has 0 fully saturated rings. The van der Waals surface area contributed by atoms with Crippen LogP contribution in [0.1, 0.15) is 53.3 Å². The third-order valence-electron chi connectivity index (χ3n) is 4.03. The average Bonchev–Trinajstić information content (AvgIpc) is 3.10. The molecule has 1 aliphatic heterocycles. The Bertz CT molecular complexity index is 499. The van der Waals surface area contributed by atoms with Gasteiger partial charge in [0.15, 0.2) is 0 Å². The van der Waals surface area contributed by atoms with Crippen molar-refractivity contribution in [3.8, 4) is 6.01 Å². The number of imidazole rings is 1. The maximum Gasteiger partial charge on any atom is 0.297 e. The lowest BCUT2D eigenvalue weighted by Crippen LogP contribution is -2.21. The van der Waals surface area contributed by atoms with Crippen molar-refractivity contribution in [1.29, 1.82) is 0 Å². The molecule has 0 N–H and O–H groups in total. The molecule has 0 saturated carbocycles. The van der Waals surface area contributed by atoms with Crippen LogP contribution in [0.4, 0.5) is 0 Å². The molecule has 0 spiro atoms. The van der Waals surface area contributed by atoms with Gasteiger partial charge < -0.3 is 4.74 Å². The van der Waals surface area contributed by atoms with Crippen LogP contribution in [0.25, 0.3) is 0 Å². The number of nitrogens with zero attached hydrogens (tertiary/aromatic N) is 2. The summed E-state index contributed by atoms with van der Waals surface area (Å²) in [6, 6.07) is 1.10. The van der Waals surface area contributed by atoms with Gasteiger partial charge in [-0.25, -0.2) is 4.98 Å². The van der Waals surface area contributed by atoms with E-state index in [9.17, 15) is 0 Å². The normalized spacial score (nSPS) is 25.7. The number of hydrogen-bond acceptors (Lipinski definition) is 2. The minimum Gasteiger partial charge on any atom is -0.462 e. The molecule has 118 valence electrons. The topological polar surface area (TPSA) is 27.1 Å². The lowest BCUT2D eigenvalue weighted by Gasteiger charge is -2.27. The van der Waals surface area contributed by atoms with E-state index in [0.29, 0.717) is 17.9 Å². The van der Waals surface area contributed by atoms with Crippen LogP contribution in [-0.2, 0) is 0 Å². The van der Waals surface area contributed by atoms with E-state index >= 15 is 0 Å². The number of aryl methyl sites for hydroxylation is 1. The number of rotatable bonds is 1. The summed E-state index contributed by atoms with van der Waals surface area (Å²) >= 11 is 0. The second-order valence-electron chi connectivity index (χ2n) is 5.08. The van der Waals surface area contributed by atoms with Gasteiger partial charge in [-0.05, 0) is 24.3 Å². The van der Waals surface area contributed by atoms with Crippen LogP contribution in [0.2, 0.25) is 0 Å². The molecular weight excluding hydrogens is 260 g/mol. The van der Waals surface area contributed by atoms with Crippen molar-refractivity contribution >= 4 is 0 Å². The van der Waals surface area contributed by atoms with Gasteiger partial charge in [0.1, 0.15) is 6.61 Å². The molecule has 3 unspecified atom stereocenters. The molecule has 0 radical (unpaired) electrons. The first-order valence-corrected chi connectivity index (χ1v) is 8.23. The summed E-state index contributed by atoms with van der Waals surface area (Å²) in [5.41, 5.74) is 2.64. The highest BCUT2D eigenvalue weighted by molar-refractivity contribution is 5.30. The number of hydrogen-bond donors (Lipinski definition) is 0. The highest BCUT2D eigenvalue weighted by atomic mass is 16.5. The highest BCUT2D eigenvalue weighted by Crippen LogP contribution is 2.39. The number of aromatic nitrogens is 2. The van der Waals surface area contributed by atoms with Crippen molar-refractivity contribution in [2.24, 2.45) is 11.8 Å². The fourth-order valence-corrected chi connectivity index (χ4v) is 2.76. The van der Waals surface area contributed by atoms with Crippen molar-refractivity contribution in [2.45, 2.75) is 54.5 Å². The Morgan fingerprint density at radius 1 is 1.19 bits per heavy atom. The fraction of sp³-hybridized carbons (Fsp3) is 0.611. The first-order chi connectivity index (χ1) is 10.2. The fourth-order valence-electron chi connectivity index (χ4n) is 2.76. The Kier molecular flexibility index (Phi) is 6.73. The molecular formula is C18H30N2O. The lowest BCUT2D eigenvalue weighted by molar-refractivity contribution is 0.319. The molecule has 0 bridgehead atoms. The molecule has 3 nitrogen and oxygen atoms in total. The molecule has 21 heavy (non-hydrogen) atoms. The average molecular weight is 290 g/mol. The summed E-state index contributed by atoms with van der Waals surface area (Å²) in [5, 5.41) is 0. The van der Waals surface area contributed by atoms with E-state index < -0.39 is 0 Å². The van der Waals surface area contributed by atoms with Gasteiger partial charge in [-0.3, -0.25) is 4.57 Å². The zero-order chi connectivity index (χ0) is 16.0. The third-order valence-corrected chi connectivity index (χ3v) is 4.03.